The average molecular weight is 404 g/mol. The number of aromatic nitrogens is 1. The van der Waals surface area contributed by atoms with Crippen LogP contribution < -0.4 is 5.73 Å². The molecule has 0 bridgehead atoms. The van der Waals surface area contributed by atoms with Crippen LogP contribution in [0.15, 0.2) is 66.9 Å². The van der Waals surface area contributed by atoms with Gasteiger partial charge in [-0.05, 0) is 42.0 Å². The number of para-hydroxylation sites is 1. The Hall–Kier alpha value is -2.79. The lowest BCUT2D eigenvalue weighted by atomic mass is 9.84. The number of benzene rings is 2. The van der Waals surface area contributed by atoms with E-state index in [0.29, 0.717) is 19.4 Å². The number of nitrogens with zero attached hydrogens (tertiary/aromatic N) is 2. The molecule has 1 saturated heterocycles. The van der Waals surface area contributed by atoms with Crippen LogP contribution in [0, 0.1) is 5.92 Å². The zero-order valence-electron chi connectivity index (χ0n) is 16.9. The Balaban J connectivity index is 1.51. The number of nitrogens with two attached hydrogens (primary N) is 1. The zero-order valence-corrected chi connectivity index (χ0v) is 16.9. The summed E-state index contributed by atoms with van der Waals surface area (Å²) in [7, 11) is 0. The molecule has 1 aromatic heterocycles. The molecule has 4 nitrogen and oxygen atoms in total. The third-order valence-corrected chi connectivity index (χ3v) is 6.94. The third kappa shape index (κ3) is 3.27. The Labute approximate surface area is 175 Å². The summed E-state index contributed by atoms with van der Waals surface area (Å²) in [6.45, 7) is 1.97. The van der Waals surface area contributed by atoms with E-state index in [1.807, 2.05) is 48.7 Å². The number of fused-ring (bicyclic) bond motifs is 1. The highest BCUT2D eigenvalue weighted by molar-refractivity contribution is 5.92. The van der Waals surface area contributed by atoms with Crippen LogP contribution in [0.1, 0.15) is 29.9 Å². The molecule has 154 valence electrons. The predicted octanol–water partition coefficient (Wildman–Crippen LogP) is 3.81. The molecule has 5 rings (SSSR count). The van der Waals surface area contributed by atoms with Crippen molar-refractivity contribution in [3.8, 4) is 0 Å². The van der Waals surface area contributed by atoms with Gasteiger partial charge in [0.15, 0.2) is 0 Å². The summed E-state index contributed by atoms with van der Waals surface area (Å²) in [6.07, 6.45) is 2.34. The van der Waals surface area contributed by atoms with Gasteiger partial charge in [-0.25, -0.2) is 4.39 Å². The molecular weight excluding hydrogens is 377 g/mol. The van der Waals surface area contributed by atoms with Crippen LogP contribution in [0.25, 0.3) is 10.9 Å². The van der Waals surface area contributed by atoms with E-state index in [1.165, 1.54) is 5.56 Å². The van der Waals surface area contributed by atoms with E-state index in [0.717, 1.165) is 29.6 Å². The molecule has 1 aliphatic carbocycles. The van der Waals surface area contributed by atoms with Gasteiger partial charge < -0.3 is 5.73 Å². The SMILES string of the molecule is NC(=O)C1(c2cnc3ccccc3c2)CC1[C@H](CN1CC[C@@H](F)C1)c1ccccc1. The minimum atomic E-state index is -0.758. The number of likely N-dealkylation sites (tertiary alicyclic amines) is 1. The molecule has 2 N–H and O–H groups in total. The fourth-order valence-corrected chi connectivity index (χ4v) is 5.24. The largest absolute Gasteiger partial charge is 0.369 e. The van der Waals surface area contributed by atoms with Gasteiger partial charge in [0.1, 0.15) is 6.17 Å². The molecular formula is C25H26FN3O. The molecule has 2 aliphatic rings. The summed E-state index contributed by atoms with van der Waals surface area (Å²) < 4.78 is 13.8. The first kappa shape index (κ1) is 19.2. The fraction of sp³-hybridized carbons (Fsp3) is 0.360. The Kier molecular flexibility index (Phi) is 4.78. The summed E-state index contributed by atoms with van der Waals surface area (Å²) in [5, 5.41) is 1.01. The second-order valence-corrected chi connectivity index (χ2v) is 8.73. The van der Waals surface area contributed by atoms with Crippen molar-refractivity contribution in [3.05, 3.63) is 78.0 Å². The van der Waals surface area contributed by atoms with Gasteiger partial charge >= 0.3 is 0 Å². The van der Waals surface area contributed by atoms with Crippen molar-refractivity contribution in [3.63, 3.8) is 0 Å². The normalized spacial score (nSPS) is 27.2. The fourth-order valence-electron chi connectivity index (χ4n) is 5.24. The summed E-state index contributed by atoms with van der Waals surface area (Å²) in [6, 6.07) is 20.2. The van der Waals surface area contributed by atoms with Crippen molar-refractivity contribution in [1.82, 2.24) is 9.88 Å². The number of rotatable bonds is 6. The van der Waals surface area contributed by atoms with Crippen molar-refractivity contribution in [2.75, 3.05) is 19.6 Å². The number of primary amides is 1. The maximum Gasteiger partial charge on any atom is 0.228 e. The lowest BCUT2D eigenvalue weighted by molar-refractivity contribution is -0.120. The molecule has 2 unspecified atom stereocenters. The van der Waals surface area contributed by atoms with E-state index in [9.17, 15) is 9.18 Å². The monoisotopic (exact) mass is 403 g/mol. The summed E-state index contributed by atoms with van der Waals surface area (Å²) in [5.41, 5.74) is 8.27. The molecule has 3 aromatic rings. The van der Waals surface area contributed by atoms with Gasteiger partial charge in [-0.1, -0.05) is 48.5 Å². The highest BCUT2D eigenvalue weighted by atomic mass is 19.1. The lowest BCUT2D eigenvalue weighted by Gasteiger charge is -2.26. The first-order chi connectivity index (χ1) is 14.6. The molecule has 0 radical (unpaired) electrons. The van der Waals surface area contributed by atoms with Gasteiger partial charge in [0.05, 0.1) is 10.9 Å². The van der Waals surface area contributed by atoms with E-state index in [2.05, 4.69) is 28.1 Å². The Morgan fingerprint density at radius 3 is 2.70 bits per heavy atom. The molecule has 1 amide bonds. The summed E-state index contributed by atoms with van der Waals surface area (Å²) in [5.74, 6) is -0.0928. The first-order valence-corrected chi connectivity index (χ1v) is 10.6. The number of hydrogen-bond acceptors (Lipinski definition) is 3. The molecule has 2 fully saturated rings. The summed E-state index contributed by atoms with van der Waals surface area (Å²) in [4.78, 5) is 19.5. The van der Waals surface area contributed by atoms with Gasteiger partial charge in [0.25, 0.3) is 0 Å². The van der Waals surface area contributed by atoms with Gasteiger partial charge in [0, 0.05) is 37.1 Å². The second-order valence-electron chi connectivity index (χ2n) is 8.73. The molecule has 5 heteroatoms. The van der Waals surface area contributed by atoms with Crippen molar-refractivity contribution < 1.29 is 9.18 Å². The standard InChI is InChI=1S/C25H26FN3O/c26-20-10-11-29(15-20)16-21(17-6-2-1-3-7-17)22-13-25(22,24(27)30)19-12-18-8-4-5-9-23(18)28-14-19/h1-9,12,14,20-22H,10-11,13,15-16H2,(H2,27,30)/t20-,21-,22?,25?/m1/s1. The third-order valence-electron chi connectivity index (χ3n) is 6.94. The molecule has 4 atom stereocenters. The minimum Gasteiger partial charge on any atom is -0.369 e. The van der Waals surface area contributed by atoms with E-state index in [1.54, 1.807) is 0 Å². The maximum absolute atomic E-state index is 13.8. The lowest BCUT2D eigenvalue weighted by Crippen LogP contribution is -2.35. The van der Waals surface area contributed by atoms with Crippen LogP contribution in [0.4, 0.5) is 4.39 Å². The summed E-state index contributed by atoms with van der Waals surface area (Å²) >= 11 is 0. The maximum atomic E-state index is 13.8. The molecule has 0 spiro atoms. The number of hydrogen-bond donors (Lipinski definition) is 1. The highest BCUT2D eigenvalue weighted by Gasteiger charge is 2.63. The predicted molar refractivity (Wildman–Crippen MR) is 116 cm³/mol. The van der Waals surface area contributed by atoms with Gasteiger partial charge in [-0.2, -0.15) is 0 Å². The molecule has 1 saturated carbocycles. The highest BCUT2D eigenvalue weighted by Crippen LogP contribution is 2.60. The Bertz CT molecular complexity index is 1070. The van der Waals surface area contributed by atoms with Crippen molar-refractivity contribution in [2.24, 2.45) is 11.7 Å². The van der Waals surface area contributed by atoms with Gasteiger partial charge in [0.2, 0.25) is 5.91 Å². The number of pyridine rings is 1. The topological polar surface area (TPSA) is 59.2 Å². The van der Waals surface area contributed by atoms with Gasteiger partial charge in [-0.15, -0.1) is 0 Å². The molecule has 2 heterocycles. The van der Waals surface area contributed by atoms with Crippen LogP contribution in [0.2, 0.25) is 0 Å². The quantitative estimate of drug-likeness (QED) is 0.681. The molecule has 30 heavy (non-hydrogen) atoms. The molecule has 2 aromatic carbocycles. The van der Waals surface area contributed by atoms with Crippen LogP contribution in [0.3, 0.4) is 0 Å². The first-order valence-electron chi connectivity index (χ1n) is 10.6. The van der Waals surface area contributed by atoms with Gasteiger partial charge in [-0.3, -0.25) is 14.7 Å². The number of amides is 1. The van der Waals surface area contributed by atoms with Crippen LogP contribution in [0.5, 0.6) is 0 Å². The average Bonchev–Trinajstić information content (AvgIpc) is 3.40. The van der Waals surface area contributed by atoms with Crippen molar-refractivity contribution in [2.45, 2.75) is 30.3 Å². The minimum absolute atomic E-state index is 0.0824. The zero-order chi connectivity index (χ0) is 20.7. The number of halogens is 1. The van der Waals surface area contributed by atoms with E-state index in [-0.39, 0.29) is 17.7 Å². The van der Waals surface area contributed by atoms with Crippen LogP contribution in [-0.4, -0.2) is 41.6 Å². The molecule has 1 aliphatic heterocycles. The number of carbonyl (C=O) groups excluding carboxylic acids is 1. The van der Waals surface area contributed by atoms with E-state index >= 15 is 0 Å². The Morgan fingerprint density at radius 2 is 1.97 bits per heavy atom. The number of alkyl halides is 1. The van der Waals surface area contributed by atoms with Crippen LogP contribution in [-0.2, 0) is 10.2 Å². The second kappa shape index (κ2) is 7.47. The Morgan fingerprint density at radius 1 is 1.20 bits per heavy atom. The number of carbonyl (C=O) groups is 1. The van der Waals surface area contributed by atoms with Crippen molar-refractivity contribution >= 4 is 16.8 Å². The van der Waals surface area contributed by atoms with E-state index < -0.39 is 11.6 Å². The van der Waals surface area contributed by atoms with Crippen LogP contribution >= 0.6 is 0 Å². The smallest absolute Gasteiger partial charge is 0.228 e. The van der Waals surface area contributed by atoms with Crippen molar-refractivity contribution in [1.29, 1.82) is 0 Å². The van der Waals surface area contributed by atoms with E-state index in [4.69, 9.17) is 5.73 Å².